The number of aromatic nitrogens is 1. The van der Waals surface area contributed by atoms with Crippen LogP contribution in [-0.2, 0) is 4.74 Å². The zero-order chi connectivity index (χ0) is 13.1. The van der Waals surface area contributed by atoms with Crippen molar-refractivity contribution in [2.75, 3.05) is 6.61 Å². The van der Waals surface area contributed by atoms with Gasteiger partial charge in [0.2, 0.25) is 0 Å². The third-order valence-corrected chi connectivity index (χ3v) is 3.48. The van der Waals surface area contributed by atoms with Gasteiger partial charge in [-0.05, 0) is 26.3 Å². The molecule has 0 atom stereocenters. The van der Waals surface area contributed by atoms with Gasteiger partial charge in [-0.15, -0.1) is 11.3 Å². The van der Waals surface area contributed by atoms with Crippen LogP contribution in [-0.4, -0.2) is 17.6 Å². The Labute approximate surface area is 110 Å². The first-order chi connectivity index (χ1) is 8.61. The van der Waals surface area contributed by atoms with E-state index in [1.165, 1.54) is 22.5 Å². The van der Waals surface area contributed by atoms with Crippen molar-refractivity contribution in [3.8, 4) is 10.6 Å². The lowest BCUT2D eigenvalue weighted by Gasteiger charge is -2.03. The van der Waals surface area contributed by atoms with E-state index in [0.717, 1.165) is 10.6 Å². The molecule has 0 saturated carbocycles. The van der Waals surface area contributed by atoms with Gasteiger partial charge in [0, 0.05) is 10.9 Å². The first kappa shape index (κ1) is 12.8. The highest BCUT2D eigenvalue weighted by molar-refractivity contribution is 7.13. The molecule has 18 heavy (non-hydrogen) atoms. The van der Waals surface area contributed by atoms with E-state index in [1.54, 1.807) is 12.3 Å². The molecule has 1 aromatic carbocycles. The highest BCUT2D eigenvalue weighted by Gasteiger charge is 2.13. The minimum atomic E-state index is -0.357. The van der Waals surface area contributed by atoms with Gasteiger partial charge in [0.05, 0.1) is 6.61 Å². The third-order valence-electron chi connectivity index (χ3n) is 2.60. The van der Waals surface area contributed by atoms with Gasteiger partial charge in [0.25, 0.3) is 0 Å². The molecule has 1 heterocycles. The summed E-state index contributed by atoms with van der Waals surface area (Å²) in [6, 6.07) is 6.20. The zero-order valence-corrected chi connectivity index (χ0v) is 11.5. The maximum Gasteiger partial charge on any atom is 0.357 e. The number of rotatable bonds is 3. The number of carbonyl (C=O) groups excluding carboxylic acids is 1. The molecular weight excluding hydrogens is 246 g/mol. The SMILES string of the molecule is CCOC(=O)c1csc(-c2ccc(C)cc2C)n1. The van der Waals surface area contributed by atoms with E-state index in [1.807, 2.05) is 19.1 Å². The van der Waals surface area contributed by atoms with Gasteiger partial charge in [0.1, 0.15) is 5.01 Å². The highest BCUT2D eigenvalue weighted by atomic mass is 32.1. The second kappa shape index (κ2) is 5.31. The summed E-state index contributed by atoms with van der Waals surface area (Å²) in [5.74, 6) is -0.357. The molecule has 0 saturated heterocycles. The summed E-state index contributed by atoms with van der Waals surface area (Å²) in [5.41, 5.74) is 3.84. The van der Waals surface area contributed by atoms with E-state index in [-0.39, 0.29) is 5.97 Å². The minimum Gasteiger partial charge on any atom is -0.461 e. The van der Waals surface area contributed by atoms with Crippen LogP contribution in [0.2, 0.25) is 0 Å². The lowest BCUT2D eigenvalue weighted by Crippen LogP contribution is -2.04. The molecule has 0 aliphatic heterocycles. The van der Waals surface area contributed by atoms with Crippen LogP contribution in [0.5, 0.6) is 0 Å². The van der Waals surface area contributed by atoms with E-state index in [9.17, 15) is 4.79 Å². The number of hydrogen-bond acceptors (Lipinski definition) is 4. The van der Waals surface area contributed by atoms with Crippen LogP contribution in [0.1, 0.15) is 28.5 Å². The van der Waals surface area contributed by atoms with Gasteiger partial charge in [0.15, 0.2) is 5.69 Å². The number of carbonyl (C=O) groups is 1. The van der Waals surface area contributed by atoms with Crippen LogP contribution in [0.15, 0.2) is 23.6 Å². The molecule has 0 N–H and O–H groups in total. The molecule has 94 valence electrons. The van der Waals surface area contributed by atoms with Gasteiger partial charge >= 0.3 is 5.97 Å². The molecule has 0 amide bonds. The molecular formula is C14H15NO2S. The number of benzene rings is 1. The molecule has 0 radical (unpaired) electrons. The predicted octanol–water partition coefficient (Wildman–Crippen LogP) is 3.60. The highest BCUT2D eigenvalue weighted by Crippen LogP contribution is 2.27. The first-order valence-electron chi connectivity index (χ1n) is 5.82. The molecule has 1 aromatic heterocycles. The van der Waals surface area contributed by atoms with Gasteiger partial charge < -0.3 is 4.74 Å². The molecule has 0 spiro atoms. The summed E-state index contributed by atoms with van der Waals surface area (Å²) in [5, 5.41) is 2.60. The van der Waals surface area contributed by atoms with Crippen molar-refractivity contribution in [1.82, 2.24) is 4.98 Å². The van der Waals surface area contributed by atoms with Crippen molar-refractivity contribution in [2.24, 2.45) is 0 Å². The number of ether oxygens (including phenoxy) is 1. The Bertz CT molecular complexity index is 575. The van der Waals surface area contributed by atoms with Crippen LogP contribution in [0.4, 0.5) is 0 Å². The van der Waals surface area contributed by atoms with Crippen LogP contribution in [0.3, 0.4) is 0 Å². The minimum absolute atomic E-state index is 0.357. The Morgan fingerprint density at radius 3 is 2.83 bits per heavy atom. The van der Waals surface area contributed by atoms with E-state index in [0.29, 0.717) is 12.3 Å². The lowest BCUT2D eigenvalue weighted by atomic mass is 10.1. The fourth-order valence-corrected chi connectivity index (χ4v) is 2.63. The fourth-order valence-electron chi connectivity index (χ4n) is 1.75. The number of thiazole rings is 1. The smallest absolute Gasteiger partial charge is 0.357 e. The van der Waals surface area contributed by atoms with Gasteiger partial charge in [-0.1, -0.05) is 23.8 Å². The number of hydrogen-bond donors (Lipinski definition) is 0. The van der Waals surface area contributed by atoms with Crippen molar-refractivity contribution in [3.05, 3.63) is 40.4 Å². The summed E-state index contributed by atoms with van der Waals surface area (Å²) in [6.07, 6.45) is 0. The summed E-state index contributed by atoms with van der Waals surface area (Å²) in [7, 11) is 0. The second-order valence-electron chi connectivity index (χ2n) is 4.08. The molecule has 0 bridgehead atoms. The van der Waals surface area contributed by atoms with Gasteiger partial charge in [-0.3, -0.25) is 0 Å². The van der Waals surface area contributed by atoms with E-state index >= 15 is 0 Å². The Balaban J connectivity index is 2.32. The normalized spacial score (nSPS) is 10.4. The molecule has 4 heteroatoms. The molecule has 0 unspecified atom stereocenters. The predicted molar refractivity (Wildman–Crippen MR) is 73.0 cm³/mol. The fraction of sp³-hybridized carbons (Fsp3) is 0.286. The van der Waals surface area contributed by atoms with Gasteiger partial charge in [-0.25, -0.2) is 9.78 Å². The van der Waals surface area contributed by atoms with Crippen LogP contribution < -0.4 is 0 Å². The summed E-state index contributed by atoms with van der Waals surface area (Å²) in [6.45, 7) is 6.26. The maximum absolute atomic E-state index is 11.6. The maximum atomic E-state index is 11.6. The second-order valence-corrected chi connectivity index (χ2v) is 4.93. The zero-order valence-electron chi connectivity index (χ0n) is 10.7. The van der Waals surface area contributed by atoms with E-state index in [2.05, 4.69) is 18.0 Å². The monoisotopic (exact) mass is 261 g/mol. The summed E-state index contributed by atoms with van der Waals surface area (Å²) in [4.78, 5) is 15.9. The summed E-state index contributed by atoms with van der Waals surface area (Å²) < 4.78 is 4.93. The molecule has 2 rings (SSSR count). The van der Waals surface area contributed by atoms with Crippen molar-refractivity contribution in [2.45, 2.75) is 20.8 Å². The van der Waals surface area contributed by atoms with Crippen LogP contribution in [0, 0.1) is 13.8 Å². The number of esters is 1. The topological polar surface area (TPSA) is 39.2 Å². The Morgan fingerprint density at radius 1 is 1.39 bits per heavy atom. The van der Waals surface area contributed by atoms with E-state index < -0.39 is 0 Å². The Hall–Kier alpha value is -1.68. The molecule has 0 aliphatic rings. The Morgan fingerprint density at radius 2 is 2.17 bits per heavy atom. The van der Waals surface area contributed by atoms with Crippen LogP contribution >= 0.6 is 11.3 Å². The number of nitrogens with zero attached hydrogens (tertiary/aromatic N) is 1. The first-order valence-corrected chi connectivity index (χ1v) is 6.70. The van der Waals surface area contributed by atoms with Crippen molar-refractivity contribution in [3.63, 3.8) is 0 Å². The largest absolute Gasteiger partial charge is 0.461 e. The molecule has 0 fully saturated rings. The number of aryl methyl sites for hydroxylation is 2. The van der Waals surface area contributed by atoms with Crippen molar-refractivity contribution >= 4 is 17.3 Å². The van der Waals surface area contributed by atoms with Gasteiger partial charge in [-0.2, -0.15) is 0 Å². The average Bonchev–Trinajstić information content (AvgIpc) is 2.78. The van der Waals surface area contributed by atoms with E-state index in [4.69, 9.17) is 4.74 Å². The van der Waals surface area contributed by atoms with Crippen molar-refractivity contribution in [1.29, 1.82) is 0 Å². The lowest BCUT2D eigenvalue weighted by molar-refractivity contribution is 0.0520. The standard InChI is InChI=1S/C14H15NO2S/c1-4-17-14(16)12-8-18-13(15-12)11-6-5-9(2)7-10(11)3/h5-8H,4H2,1-3H3. The summed E-state index contributed by atoms with van der Waals surface area (Å²) >= 11 is 1.46. The quantitative estimate of drug-likeness (QED) is 0.792. The molecule has 0 aliphatic carbocycles. The van der Waals surface area contributed by atoms with Crippen molar-refractivity contribution < 1.29 is 9.53 Å². The van der Waals surface area contributed by atoms with Crippen LogP contribution in [0.25, 0.3) is 10.6 Å². The average molecular weight is 261 g/mol. The molecule has 2 aromatic rings. The Kier molecular flexibility index (Phi) is 3.77. The molecule has 3 nitrogen and oxygen atoms in total. The third kappa shape index (κ3) is 2.59.